The number of imide groups is 1. The summed E-state index contributed by atoms with van der Waals surface area (Å²) in [6.45, 7) is 4.72. The summed E-state index contributed by atoms with van der Waals surface area (Å²) in [6.07, 6.45) is -0.0536. The first-order valence-electron chi connectivity index (χ1n) is 9.52. The smallest absolute Gasteiger partial charge is 0.240 e. The van der Waals surface area contributed by atoms with Crippen LogP contribution < -0.4 is 4.74 Å². The Labute approximate surface area is 167 Å². The van der Waals surface area contributed by atoms with E-state index in [9.17, 15) is 14.4 Å². The van der Waals surface area contributed by atoms with Gasteiger partial charge in [0.05, 0.1) is 12.5 Å². The molecule has 1 aliphatic rings. The van der Waals surface area contributed by atoms with Crippen LogP contribution in [0.15, 0.2) is 24.3 Å². The molecule has 2 rings (SSSR count). The van der Waals surface area contributed by atoms with E-state index in [-0.39, 0.29) is 36.6 Å². The average Bonchev–Trinajstić information content (AvgIpc) is 2.89. The van der Waals surface area contributed by atoms with E-state index in [1.165, 1.54) is 4.90 Å². The summed E-state index contributed by atoms with van der Waals surface area (Å²) in [4.78, 5) is 43.9. The number of hydrogen-bond donors (Lipinski definition) is 0. The summed E-state index contributed by atoms with van der Waals surface area (Å²) in [5, 5.41) is 0. The zero-order valence-corrected chi connectivity index (χ0v) is 17.7. The second-order valence-electron chi connectivity index (χ2n) is 7.92. The van der Waals surface area contributed by atoms with Crippen molar-refractivity contribution in [1.29, 1.82) is 0 Å². The molecule has 1 fully saturated rings. The highest BCUT2D eigenvalue weighted by Crippen LogP contribution is 2.41. The molecule has 0 unspecified atom stereocenters. The van der Waals surface area contributed by atoms with E-state index in [0.717, 1.165) is 0 Å². The number of carbonyl (C=O) groups excluding carboxylic acids is 3. The van der Waals surface area contributed by atoms with Crippen LogP contribution in [0.4, 0.5) is 0 Å². The normalized spacial score (nSPS) is 19.6. The molecule has 0 spiro atoms. The Morgan fingerprint density at radius 2 is 1.93 bits per heavy atom. The number of likely N-dealkylation sites (tertiary alicyclic amines) is 1. The van der Waals surface area contributed by atoms with E-state index in [4.69, 9.17) is 4.74 Å². The number of nitrogens with zero attached hydrogens (tertiary/aromatic N) is 3. The molecule has 3 amide bonds. The lowest BCUT2D eigenvalue weighted by molar-refractivity contribution is -0.142. The van der Waals surface area contributed by atoms with Gasteiger partial charge in [-0.3, -0.25) is 19.3 Å². The number of ether oxygens (including phenoxy) is 1. The van der Waals surface area contributed by atoms with Crippen molar-refractivity contribution in [3.05, 3.63) is 29.8 Å². The minimum atomic E-state index is -1.20. The fourth-order valence-electron chi connectivity index (χ4n) is 3.38. The van der Waals surface area contributed by atoms with Crippen molar-refractivity contribution in [2.75, 3.05) is 41.3 Å². The first-order chi connectivity index (χ1) is 13.1. The van der Waals surface area contributed by atoms with Crippen molar-refractivity contribution in [2.24, 2.45) is 0 Å². The molecule has 0 N–H and O–H groups in total. The molecular formula is C21H31N3O4. The Hall–Kier alpha value is -2.41. The molecule has 28 heavy (non-hydrogen) atoms. The van der Waals surface area contributed by atoms with E-state index in [0.29, 0.717) is 24.4 Å². The van der Waals surface area contributed by atoms with E-state index >= 15 is 0 Å². The van der Waals surface area contributed by atoms with Gasteiger partial charge in [0.2, 0.25) is 17.7 Å². The van der Waals surface area contributed by atoms with Gasteiger partial charge in [-0.1, -0.05) is 12.1 Å². The van der Waals surface area contributed by atoms with Gasteiger partial charge in [-0.25, -0.2) is 0 Å². The summed E-state index contributed by atoms with van der Waals surface area (Å²) >= 11 is 0. The minimum Gasteiger partial charge on any atom is -0.497 e. The van der Waals surface area contributed by atoms with Crippen LogP contribution in [0, 0.1) is 0 Å². The average molecular weight is 389 g/mol. The summed E-state index contributed by atoms with van der Waals surface area (Å²) in [7, 11) is 7.05. The van der Waals surface area contributed by atoms with Crippen LogP contribution in [0.3, 0.4) is 0 Å². The maximum absolute atomic E-state index is 13.5. The van der Waals surface area contributed by atoms with E-state index in [2.05, 4.69) is 0 Å². The number of amides is 3. The number of likely N-dealkylation sites (N-methyl/N-ethyl adjacent to an activating group) is 1. The van der Waals surface area contributed by atoms with Crippen molar-refractivity contribution in [1.82, 2.24) is 14.7 Å². The largest absolute Gasteiger partial charge is 0.497 e. The Kier molecular flexibility index (Phi) is 6.82. The van der Waals surface area contributed by atoms with Crippen LogP contribution in [0.25, 0.3) is 0 Å². The van der Waals surface area contributed by atoms with Gasteiger partial charge in [0.25, 0.3) is 0 Å². The number of methoxy groups -OCH3 is 1. The number of carbonyl (C=O) groups is 3. The topological polar surface area (TPSA) is 70.2 Å². The van der Waals surface area contributed by atoms with Crippen LogP contribution in [-0.2, 0) is 19.8 Å². The molecule has 154 valence electrons. The highest BCUT2D eigenvalue weighted by Gasteiger charge is 2.54. The molecule has 1 heterocycles. The number of hydrogen-bond acceptors (Lipinski definition) is 5. The molecule has 7 heteroatoms. The molecule has 1 atom stereocenters. The van der Waals surface area contributed by atoms with Crippen molar-refractivity contribution in [3.63, 3.8) is 0 Å². The predicted molar refractivity (Wildman–Crippen MR) is 107 cm³/mol. The van der Waals surface area contributed by atoms with Gasteiger partial charge in [0.15, 0.2) is 0 Å². The zero-order chi connectivity index (χ0) is 21.1. The molecule has 7 nitrogen and oxygen atoms in total. The van der Waals surface area contributed by atoms with Crippen molar-refractivity contribution >= 4 is 17.7 Å². The van der Waals surface area contributed by atoms with Gasteiger partial charge in [-0.2, -0.15) is 0 Å². The molecule has 1 aliphatic heterocycles. The van der Waals surface area contributed by atoms with Gasteiger partial charge >= 0.3 is 0 Å². The van der Waals surface area contributed by atoms with E-state index in [1.807, 2.05) is 32.8 Å². The molecule has 0 saturated carbocycles. The monoisotopic (exact) mass is 389 g/mol. The molecular weight excluding hydrogens is 358 g/mol. The van der Waals surface area contributed by atoms with E-state index < -0.39 is 5.41 Å². The highest BCUT2D eigenvalue weighted by atomic mass is 16.5. The third-order valence-corrected chi connectivity index (χ3v) is 5.42. The Morgan fingerprint density at radius 1 is 1.25 bits per heavy atom. The highest BCUT2D eigenvalue weighted by molar-refractivity contribution is 6.10. The molecule has 0 bridgehead atoms. The molecule has 0 aromatic heterocycles. The molecule has 0 aliphatic carbocycles. The minimum absolute atomic E-state index is 0.00640. The lowest BCUT2D eigenvalue weighted by Crippen LogP contribution is -2.45. The quantitative estimate of drug-likeness (QED) is 0.631. The lowest BCUT2D eigenvalue weighted by Gasteiger charge is -2.31. The third kappa shape index (κ3) is 4.35. The van der Waals surface area contributed by atoms with Gasteiger partial charge in [0, 0.05) is 39.0 Å². The molecule has 1 saturated heterocycles. The van der Waals surface area contributed by atoms with Crippen LogP contribution in [0.2, 0.25) is 0 Å². The zero-order valence-electron chi connectivity index (χ0n) is 17.7. The van der Waals surface area contributed by atoms with E-state index in [1.54, 1.807) is 43.3 Å². The standard InChI is InChI=1S/C21H31N3O4/c1-15(2)23(5)18(25)13-21(16-8-7-9-17(12-16)28-6)14-19(26)24(20(21)27)11-10-22(3)4/h7-9,12,15H,10-11,13-14H2,1-6H3/t21-/m1/s1. The Morgan fingerprint density at radius 3 is 2.50 bits per heavy atom. The third-order valence-electron chi connectivity index (χ3n) is 5.42. The fourth-order valence-corrected chi connectivity index (χ4v) is 3.38. The van der Waals surface area contributed by atoms with Crippen molar-refractivity contribution in [3.8, 4) is 5.75 Å². The van der Waals surface area contributed by atoms with Crippen molar-refractivity contribution in [2.45, 2.75) is 38.1 Å². The summed E-state index contributed by atoms with van der Waals surface area (Å²) in [6, 6.07) is 7.12. The molecule has 1 aromatic rings. The second-order valence-corrected chi connectivity index (χ2v) is 7.92. The number of benzene rings is 1. The van der Waals surface area contributed by atoms with Crippen LogP contribution in [0.5, 0.6) is 5.75 Å². The Bertz CT molecular complexity index is 747. The molecule has 0 radical (unpaired) electrons. The first-order valence-corrected chi connectivity index (χ1v) is 9.52. The van der Waals surface area contributed by atoms with Crippen LogP contribution in [0.1, 0.15) is 32.3 Å². The second kappa shape index (κ2) is 8.73. The predicted octanol–water partition coefficient (Wildman–Crippen LogP) is 1.51. The van der Waals surface area contributed by atoms with Crippen LogP contribution in [-0.4, -0.2) is 79.8 Å². The van der Waals surface area contributed by atoms with Crippen LogP contribution >= 0.6 is 0 Å². The van der Waals surface area contributed by atoms with Gasteiger partial charge in [-0.05, 0) is 45.6 Å². The summed E-state index contributed by atoms with van der Waals surface area (Å²) in [5.74, 6) is -0.116. The summed E-state index contributed by atoms with van der Waals surface area (Å²) < 4.78 is 5.31. The lowest BCUT2D eigenvalue weighted by atomic mass is 9.75. The van der Waals surface area contributed by atoms with Gasteiger partial charge in [-0.15, -0.1) is 0 Å². The number of rotatable bonds is 8. The maximum atomic E-state index is 13.5. The Balaban J connectivity index is 2.46. The first kappa shape index (κ1) is 21.9. The fraction of sp³-hybridized carbons (Fsp3) is 0.571. The summed E-state index contributed by atoms with van der Waals surface area (Å²) in [5.41, 5.74) is -0.555. The van der Waals surface area contributed by atoms with Gasteiger partial charge < -0.3 is 14.5 Å². The SMILES string of the molecule is COc1cccc([C@@]2(CC(=O)N(C)C(C)C)CC(=O)N(CCN(C)C)C2=O)c1. The maximum Gasteiger partial charge on any atom is 0.240 e. The van der Waals surface area contributed by atoms with Crippen molar-refractivity contribution < 1.29 is 19.1 Å². The van der Waals surface area contributed by atoms with Gasteiger partial charge in [0.1, 0.15) is 5.75 Å². The molecule has 1 aromatic carbocycles.